The average molecular weight is 393 g/mol. The van der Waals surface area contributed by atoms with Gasteiger partial charge in [-0.05, 0) is 53.1 Å². The van der Waals surface area contributed by atoms with Gasteiger partial charge in [0.2, 0.25) is 0 Å². The maximum atomic E-state index is 6.38. The molecule has 26 heavy (non-hydrogen) atoms. The topological polar surface area (TPSA) is 55.4 Å². The van der Waals surface area contributed by atoms with Crippen molar-refractivity contribution in [2.75, 3.05) is 19.8 Å². The number of hydrogen-bond donors (Lipinski definition) is 0. The monoisotopic (exact) mass is 392 g/mol. The molecule has 1 heterocycles. The van der Waals surface area contributed by atoms with Crippen LogP contribution in [0.15, 0.2) is 0 Å². The van der Waals surface area contributed by atoms with Crippen LogP contribution in [0.1, 0.15) is 67.2 Å². The summed E-state index contributed by atoms with van der Waals surface area (Å²) in [5.41, 5.74) is -0.482. The molecule has 0 aromatic carbocycles. The van der Waals surface area contributed by atoms with Crippen molar-refractivity contribution in [1.82, 2.24) is 0 Å². The van der Waals surface area contributed by atoms with E-state index in [0.717, 1.165) is 12.8 Å². The summed E-state index contributed by atoms with van der Waals surface area (Å²) >= 11 is 0. The Bertz CT molecular complexity index is 395. The van der Waals surface area contributed by atoms with E-state index in [2.05, 4.69) is 33.9 Å². The van der Waals surface area contributed by atoms with Gasteiger partial charge in [0.1, 0.15) is 0 Å². The van der Waals surface area contributed by atoms with Gasteiger partial charge in [-0.2, -0.15) is 0 Å². The lowest BCUT2D eigenvalue weighted by Gasteiger charge is -2.43. The fourth-order valence-corrected chi connectivity index (χ4v) is 5.48. The lowest BCUT2D eigenvalue weighted by Crippen LogP contribution is -2.52. The van der Waals surface area contributed by atoms with Crippen molar-refractivity contribution in [3.8, 4) is 0 Å². The molecule has 2 unspecified atom stereocenters. The van der Waals surface area contributed by atoms with Gasteiger partial charge >= 0.3 is 8.56 Å². The minimum atomic E-state index is -2.21. The van der Waals surface area contributed by atoms with Gasteiger partial charge in [-0.25, -0.2) is 0 Å². The molecule has 0 N–H and O–H groups in total. The Morgan fingerprint density at radius 1 is 1.04 bits per heavy atom. The van der Waals surface area contributed by atoms with Gasteiger partial charge in [-0.15, -0.1) is 0 Å². The lowest BCUT2D eigenvalue weighted by atomic mass is 9.99. The Labute approximate surface area is 161 Å². The number of ether oxygens (including phenoxy) is 4. The number of rotatable bonds is 12. The van der Waals surface area contributed by atoms with Crippen LogP contribution in [0.5, 0.6) is 0 Å². The molecule has 0 spiro atoms. The molecule has 0 saturated carbocycles. The largest absolute Gasteiger partial charge is 0.395 e. The molecule has 156 valence electrons. The van der Waals surface area contributed by atoms with Crippen molar-refractivity contribution in [2.24, 2.45) is 0 Å². The van der Waals surface area contributed by atoms with E-state index in [4.69, 9.17) is 27.8 Å². The molecule has 1 saturated heterocycles. The van der Waals surface area contributed by atoms with Crippen LogP contribution in [-0.4, -0.2) is 52.3 Å². The van der Waals surface area contributed by atoms with Crippen LogP contribution < -0.4 is 0 Å². The second kappa shape index (κ2) is 10.5. The molecule has 0 aromatic rings. The third kappa shape index (κ3) is 7.18. The number of hydrogen-bond acceptors (Lipinski definition) is 6. The zero-order valence-electron chi connectivity index (χ0n) is 18.1. The smallest absolute Gasteiger partial charge is 0.332 e. The maximum absolute atomic E-state index is 6.38. The van der Waals surface area contributed by atoms with E-state index in [1.165, 1.54) is 0 Å². The highest BCUT2D eigenvalue weighted by molar-refractivity contribution is 6.64. The molecule has 7 heteroatoms. The summed E-state index contributed by atoms with van der Waals surface area (Å²) in [7, 11) is -2.21. The highest BCUT2D eigenvalue weighted by Crippen LogP contribution is 2.31. The third-order valence-corrected chi connectivity index (χ3v) is 6.47. The third-order valence-electron chi connectivity index (χ3n) is 4.47. The molecule has 0 amide bonds. The molecule has 1 rings (SSSR count). The second-order valence-corrected chi connectivity index (χ2v) is 10.9. The minimum Gasteiger partial charge on any atom is -0.395 e. The van der Waals surface area contributed by atoms with Crippen LogP contribution in [-0.2, 0) is 27.8 Å². The SMILES string of the molecule is CCO[Si](C)(C)OC(C)(C)C(CC)OC(CC)OC1(CC)OCCCO1. The molecular formula is C19H40O6Si. The molecule has 2 atom stereocenters. The van der Waals surface area contributed by atoms with E-state index in [0.29, 0.717) is 32.7 Å². The van der Waals surface area contributed by atoms with Gasteiger partial charge in [0, 0.05) is 13.0 Å². The van der Waals surface area contributed by atoms with E-state index >= 15 is 0 Å². The van der Waals surface area contributed by atoms with Gasteiger partial charge in [0.15, 0.2) is 6.29 Å². The molecule has 1 fully saturated rings. The first kappa shape index (κ1) is 24.0. The summed E-state index contributed by atoms with van der Waals surface area (Å²) in [5, 5.41) is 0. The predicted octanol–water partition coefficient (Wildman–Crippen LogP) is 4.57. The summed E-state index contributed by atoms with van der Waals surface area (Å²) < 4.78 is 36.3. The van der Waals surface area contributed by atoms with Crippen LogP contribution in [0.2, 0.25) is 13.1 Å². The summed E-state index contributed by atoms with van der Waals surface area (Å²) in [6.07, 6.45) is 2.47. The van der Waals surface area contributed by atoms with E-state index in [1.807, 2.05) is 20.8 Å². The highest BCUT2D eigenvalue weighted by atomic mass is 28.4. The van der Waals surface area contributed by atoms with Crippen LogP contribution in [0.3, 0.4) is 0 Å². The van der Waals surface area contributed by atoms with Crippen molar-refractivity contribution in [2.45, 2.75) is 104 Å². The first-order chi connectivity index (χ1) is 12.1. The Hall–Kier alpha value is -0.0231. The van der Waals surface area contributed by atoms with Crippen molar-refractivity contribution < 1.29 is 27.8 Å². The van der Waals surface area contributed by atoms with E-state index in [-0.39, 0.29) is 6.10 Å². The van der Waals surface area contributed by atoms with E-state index in [9.17, 15) is 0 Å². The first-order valence-electron chi connectivity index (χ1n) is 10.1. The zero-order valence-corrected chi connectivity index (χ0v) is 19.1. The van der Waals surface area contributed by atoms with E-state index in [1.54, 1.807) is 0 Å². The minimum absolute atomic E-state index is 0.128. The quantitative estimate of drug-likeness (QED) is 0.358. The maximum Gasteiger partial charge on any atom is 0.332 e. The van der Waals surface area contributed by atoms with Crippen molar-refractivity contribution >= 4 is 8.56 Å². The van der Waals surface area contributed by atoms with Crippen LogP contribution in [0.4, 0.5) is 0 Å². The van der Waals surface area contributed by atoms with Crippen LogP contribution in [0, 0.1) is 0 Å². The fourth-order valence-electron chi connectivity index (χ4n) is 3.33. The Kier molecular flexibility index (Phi) is 9.70. The normalized spacial score (nSPS) is 20.8. The molecule has 0 aliphatic carbocycles. The molecular weight excluding hydrogens is 352 g/mol. The van der Waals surface area contributed by atoms with Gasteiger partial charge in [-0.3, -0.25) is 4.74 Å². The highest BCUT2D eigenvalue weighted by Gasteiger charge is 2.42. The molecule has 1 aliphatic heterocycles. The Morgan fingerprint density at radius 3 is 2.12 bits per heavy atom. The lowest BCUT2D eigenvalue weighted by molar-refractivity contribution is -0.439. The summed E-state index contributed by atoms with van der Waals surface area (Å²) in [5.74, 6) is -0.998. The standard InChI is InChI=1S/C19H40O6Si/c1-9-16(18(5,6)25-26(7,8)22-12-4)23-17(10-2)24-19(11-3)20-14-13-15-21-19/h16-17H,9-15H2,1-8H3. The zero-order chi connectivity index (χ0) is 19.8. The second-order valence-electron chi connectivity index (χ2n) is 7.61. The fraction of sp³-hybridized carbons (Fsp3) is 1.00. The Balaban J connectivity index is 2.78. The van der Waals surface area contributed by atoms with Gasteiger partial charge in [-0.1, -0.05) is 20.8 Å². The summed E-state index contributed by atoms with van der Waals surface area (Å²) in [4.78, 5) is 0. The van der Waals surface area contributed by atoms with Crippen molar-refractivity contribution in [3.63, 3.8) is 0 Å². The van der Waals surface area contributed by atoms with Gasteiger partial charge in [0.05, 0.1) is 24.9 Å². The van der Waals surface area contributed by atoms with Crippen molar-refractivity contribution in [1.29, 1.82) is 0 Å². The molecule has 1 aliphatic rings. The van der Waals surface area contributed by atoms with Crippen LogP contribution in [0.25, 0.3) is 0 Å². The molecule has 6 nitrogen and oxygen atoms in total. The van der Waals surface area contributed by atoms with Gasteiger partial charge < -0.3 is 23.1 Å². The van der Waals surface area contributed by atoms with Crippen LogP contribution >= 0.6 is 0 Å². The average Bonchev–Trinajstić information content (AvgIpc) is 2.58. The Morgan fingerprint density at radius 2 is 1.65 bits per heavy atom. The summed E-state index contributed by atoms with van der Waals surface area (Å²) in [6.45, 7) is 18.3. The van der Waals surface area contributed by atoms with Crippen molar-refractivity contribution in [3.05, 3.63) is 0 Å². The first-order valence-corrected chi connectivity index (χ1v) is 12.9. The predicted molar refractivity (Wildman–Crippen MR) is 104 cm³/mol. The van der Waals surface area contributed by atoms with Gasteiger partial charge in [0.25, 0.3) is 5.97 Å². The molecule has 0 aromatic heterocycles. The summed E-state index contributed by atoms with van der Waals surface area (Å²) in [6, 6.07) is 0. The van der Waals surface area contributed by atoms with E-state index < -0.39 is 26.4 Å². The molecule has 0 bridgehead atoms. The molecule has 0 radical (unpaired) electrons.